The maximum Gasteiger partial charge on any atom is 0.330 e. The molecule has 0 amide bonds. The Kier molecular flexibility index (Phi) is 23.3. The second kappa shape index (κ2) is 29.5. The van der Waals surface area contributed by atoms with Crippen LogP contribution in [0, 0.1) is 23.7 Å². The minimum Gasteiger partial charge on any atom is -0.481 e. The zero-order valence-electron chi connectivity index (χ0n) is 45.5. The van der Waals surface area contributed by atoms with E-state index in [1.54, 1.807) is 12.2 Å². The molecule has 0 aromatic carbocycles. The Labute approximate surface area is 476 Å². The third-order valence-corrected chi connectivity index (χ3v) is 17.5. The number of carbonyl (C=O) groups is 4. The first-order valence-electron chi connectivity index (χ1n) is 28.7. The Morgan fingerprint density at radius 1 is 0.458 bits per heavy atom. The molecule has 29 nitrogen and oxygen atoms in total. The van der Waals surface area contributed by atoms with Crippen LogP contribution in [0.15, 0.2) is 24.3 Å². The number of carbonyl (C=O) groups excluding carboxylic acids is 3. The predicted octanol–water partition coefficient (Wildman–Crippen LogP) is -5.54. The molecule has 4 saturated heterocycles. The van der Waals surface area contributed by atoms with Crippen molar-refractivity contribution >= 4 is 23.9 Å². The third-order valence-electron chi connectivity index (χ3n) is 17.5. The summed E-state index contributed by atoms with van der Waals surface area (Å²) in [5, 5.41) is 163. The number of aliphatic hydroxyl groups excluding tert-OH is 14. The molecule has 8 aliphatic rings. The minimum atomic E-state index is -2.09. The average Bonchev–Trinajstić information content (AvgIpc) is 2.88. The molecule has 8 fully saturated rings. The molecule has 16 N–H and O–H groups in total. The number of aliphatic hydroxyl groups is 16. The van der Waals surface area contributed by atoms with E-state index in [1.165, 1.54) is 12.2 Å². The number of allylic oxidation sites excluding steroid dienone is 2. The summed E-state index contributed by atoms with van der Waals surface area (Å²) in [4.78, 5) is 49.1. The Bertz CT molecular complexity index is 2160. The molecular weight excluding hydrogens is 1110 g/mol. The Morgan fingerprint density at radius 2 is 0.916 bits per heavy atom. The minimum absolute atomic E-state index is 0.00124. The molecule has 0 aromatic rings. The van der Waals surface area contributed by atoms with Gasteiger partial charge in [0.05, 0.1) is 42.5 Å². The molecule has 29 heteroatoms. The molecule has 23 unspecified atom stereocenters. The number of carboxylic acid groups (broad SMARTS) is 1. The lowest BCUT2D eigenvalue weighted by Crippen LogP contribution is -2.66. The Balaban J connectivity index is 1.05. The van der Waals surface area contributed by atoms with E-state index in [-0.39, 0.29) is 43.9 Å². The van der Waals surface area contributed by atoms with Crippen molar-refractivity contribution in [3.05, 3.63) is 24.3 Å². The summed E-state index contributed by atoms with van der Waals surface area (Å²) in [6, 6.07) is 0. The van der Waals surface area contributed by atoms with E-state index in [0.717, 1.165) is 0 Å². The zero-order valence-corrected chi connectivity index (χ0v) is 45.5. The van der Waals surface area contributed by atoms with Gasteiger partial charge in [-0.3, -0.25) is 9.59 Å². The molecule has 8 rings (SSSR count). The Hall–Kier alpha value is -3.48. The molecule has 0 spiro atoms. The zero-order chi connectivity index (χ0) is 60.0. The molecular formula is C54H83O29+. The van der Waals surface area contributed by atoms with E-state index in [4.69, 9.17) is 52.5 Å². The predicted molar refractivity (Wildman–Crippen MR) is 272 cm³/mol. The average molecular weight is 1200 g/mol. The summed E-state index contributed by atoms with van der Waals surface area (Å²) in [7, 11) is 0. The first-order chi connectivity index (χ1) is 39.4. The van der Waals surface area contributed by atoms with Crippen molar-refractivity contribution < 1.29 is 143 Å². The summed E-state index contributed by atoms with van der Waals surface area (Å²) in [6.45, 7) is -2.15. The number of aliphatic carboxylic acids is 1. The van der Waals surface area contributed by atoms with Gasteiger partial charge in [0.2, 0.25) is 0 Å². The van der Waals surface area contributed by atoms with E-state index in [0.29, 0.717) is 51.4 Å². The van der Waals surface area contributed by atoms with Crippen LogP contribution in [-0.2, 0) is 61.8 Å². The SMILES string of the molecule is O=C(O)CC(=O)OCC1OC(OC2CC(O)CC3[OH+]C(C4CC(O)C(O)C(O)C4)C(OC4OC(COC(=O)C=CC5CCC(O)CC5)C(O)C(O)C4OC4OC(COC(=O)C=CC5CCC(O)CC5)C(O)C(O)C4O)CC23)C(O)C(O)C1O. The van der Waals surface area contributed by atoms with Gasteiger partial charge in [-0.25, -0.2) is 9.59 Å². The number of hydrogen-bond donors (Lipinski definition) is 15. The maximum atomic E-state index is 13.1. The van der Waals surface area contributed by atoms with Crippen LogP contribution in [0.2, 0.25) is 0 Å². The summed E-state index contributed by atoms with van der Waals surface area (Å²) < 4.78 is 58.0. The van der Waals surface area contributed by atoms with Gasteiger partial charge in [0.25, 0.3) is 0 Å². The lowest BCUT2D eigenvalue weighted by atomic mass is 9.72. The fourth-order valence-corrected chi connectivity index (χ4v) is 12.6. The fourth-order valence-electron chi connectivity index (χ4n) is 12.6. The second-order valence-electron chi connectivity index (χ2n) is 23.5. The van der Waals surface area contributed by atoms with E-state index in [9.17, 15) is 90.7 Å². The van der Waals surface area contributed by atoms with Crippen molar-refractivity contribution in [3.63, 3.8) is 0 Å². The molecule has 0 bridgehead atoms. The normalized spacial score (nSPS) is 46.2. The summed E-state index contributed by atoms with van der Waals surface area (Å²) >= 11 is 0. The van der Waals surface area contributed by atoms with Gasteiger partial charge in [0, 0.05) is 30.9 Å². The second-order valence-corrected chi connectivity index (χ2v) is 23.5. The van der Waals surface area contributed by atoms with Gasteiger partial charge in [-0.05, 0) is 82.5 Å². The highest BCUT2D eigenvalue weighted by atomic mass is 16.8. The number of rotatable bonds is 19. The van der Waals surface area contributed by atoms with Crippen LogP contribution in [0.4, 0.5) is 0 Å². The number of fused-ring (bicyclic) bond motifs is 1. The van der Waals surface area contributed by atoms with E-state index in [1.807, 2.05) is 0 Å². The van der Waals surface area contributed by atoms with Crippen LogP contribution in [0.1, 0.15) is 89.9 Å². The fraction of sp³-hybridized carbons (Fsp3) is 0.852. The van der Waals surface area contributed by atoms with Crippen molar-refractivity contribution in [2.75, 3.05) is 19.8 Å². The standard InChI is InChI=1S/C54H82O29/c55-25-7-1-22(2-8-25)5-11-38(62)74-19-34-42(66)46(70)49(73)53(81-34)83-51-47(71)44(68)36(20-75-39(63)12-6-23-3-9-26(56)10-4-23)82-54(51)79-33-17-28-31(77-50(33)24-13-29(58)41(65)30(59)14-24)15-27(57)16-32(28)78-52-48(72)45(69)43(67)35(80-52)21-76-40(64)18-37(60)61/h5-6,11-12,22-36,41-59,65-73H,1-4,7-10,13-21H2,(H,60,61)/p+1. The molecule has 472 valence electrons. The van der Waals surface area contributed by atoms with Gasteiger partial charge in [-0.1, -0.05) is 12.2 Å². The van der Waals surface area contributed by atoms with Crippen molar-refractivity contribution in [2.24, 2.45) is 23.7 Å². The highest BCUT2D eigenvalue weighted by molar-refractivity contribution is 5.90. The summed E-state index contributed by atoms with van der Waals surface area (Å²) in [5.74, 6) is -6.02. The van der Waals surface area contributed by atoms with Crippen molar-refractivity contribution in [1.29, 1.82) is 0 Å². The number of esters is 3. The maximum absolute atomic E-state index is 13.1. The van der Waals surface area contributed by atoms with Gasteiger partial charge in [0.1, 0.15) is 112 Å². The molecule has 23 atom stereocenters. The van der Waals surface area contributed by atoms with Crippen molar-refractivity contribution in [1.82, 2.24) is 0 Å². The van der Waals surface area contributed by atoms with Crippen LogP contribution in [0.3, 0.4) is 0 Å². The van der Waals surface area contributed by atoms with Gasteiger partial charge < -0.3 is 124 Å². The first kappa shape index (κ1) is 65.5. The third kappa shape index (κ3) is 16.8. The molecule has 4 aliphatic carbocycles. The topological polar surface area (TPSA) is 468 Å². The van der Waals surface area contributed by atoms with Crippen LogP contribution in [-0.4, -0.2) is 278 Å². The number of ether oxygens (including phenoxy) is 10. The monoisotopic (exact) mass is 1200 g/mol. The lowest BCUT2D eigenvalue weighted by molar-refractivity contribution is -0.390. The molecule has 4 aliphatic heterocycles. The number of hydrogen-bond acceptors (Lipinski definition) is 27. The van der Waals surface area contributed by atoms with Crippen LogP contribution < -0.4 is 0 Å². The van der Waals surface area contributed by atoms with Gasteiger partial charge in [-0.2, -0.15) is 0 Å². The number of carboxylic acids is 1. The van der Waals surface area contributed by atoms with Crippen LogP contribution in [0.5, 0.6) is 0 Å². The molecule has 0 aromatic heterocycles. The highest BCUT2D eigenvalue weighted by Gasteiger charge is 2.59. The summed E-state index contributed by atoms with van der Waals surface area (Å²) in [6.07, 6.45) is -30.1. The first-order valence-corrected chi connectivity index (χ1v) is 28.7. The van der Waals surface area contributed by atoms with Crippen molar-refractivity contribution in [2.45, 2.75) is 243 Å². The van der Waals surface area contributed by atoms with Crippen LogP contribution >= 0.6 is 0 Å². The molecule has 4 heterocycles. The van der Waals surface area contributed by atoms with E-state index in [2.05, 4.69) is 0 Å². The van der Waals surface area contributed by atoms with Crippen LogP contribution in [0.25, 0.3) is 0 Å². The van der Waals surface area contributed by atoms with Gasteiger partial charge >= 0.3 is 23.9 Å². The lowest BCUT2D eigenvalue weighted by Gasteiger charge is -2.51. The highest BCUT2D eigenvalue weighted by Crippen LogP contribution is 2.45. The quantitative estimate of drug-likeness (QED) is 0.0189. The van der Waals surface area contributed by atoms with Gasteiger partial charge in [-0.15, -0.1) is 0 Å². The van der Waals surface area contributed by atoms with E-state index >= 15 is 0 Å². The molecule has 4 saturated carbocycles. The van der Waals surface area contributed by atoms with Crippen molar-refractivity contribution in [3.8, 4) is 0 Å². The van der Waals surface area contributed by atoms with Gasteiger partial charge in [0.15, 0.2) is 31.1 Å². The molecule has 83 heavy (non-hydrogen) atoms. The molecule has 0 radical (unpaired) electrons. The smallest absolute Gasteiger partial charge is 0.330 e. The van der Waals surface area contributed by atoms with E-state index < -0.39 is 215 Å². The Morgan fingerprint density at radius 3 is 1.42 bits per heavy atom. The summed E-state index contributed by atoms with van der Waals surface area (Å²) in [5.41, 5.74) is 0. The largest absolute Gasteiger partial charge is 0.481 e.